The molecule has 0 radical (unpaired) electrons. The molecule has 0 spiro atoms. The summed E-state index contributed by atoms with van der Waals surface area (Å²) in [7, 11) is 1.60. The van der Waals surface area contributed by atoms with E-state index in [1.54, 1.807) is 7.11 Å². The lowest BCUT2D eigenvalue weighted by Gasteiger charge is -2.24. The van der Waals surface area contributed by atoms with E-state index in [2.05, 4.69) is 16.3 Å². The Morgan fingerprint density at radius 3 is 2.76 bits per heavy atom. The zero-order valence-corrected chi connectivity index (χ0v) is 16.1. The number of hydrogen-bond donors (Lipinski definition) is 2. The van der Waals surface area contributed by atoms with Crippen LogP contribution in [-0.2, 0) is 0 Å². The minimum atomic E-state index is -0.441. The number of nitriles is 1. The maximum atomic E-state index is 9.81. The van der Waals surface area contributed by atoms with Crippen molar-refractivity contribution in [3.05, 3.63) is 71.1 Å². The molecule has 7 heteroatoms. The molecule has 7 nitrogen and oxygen atoms in total. The molecule has 1 aliphatic heterocycles. The topological polar surface area (TPSA) is 106 Å². The highest BCUT2D eigenvalue weighted by molar-refractivity contribution is 5.71. The summed E-state index contributed by atoms with van der Waals surface area (Å²) in [5.74, 6) is 1.40. The number of nitrogens with zero attached hydrogens (tertiary/aromatic N) is 2. The smallest absolute Gasteiger partial charge is 0.244 e. The molecule has 1 aromatic heterocycles. The Labute approximate surface area is 168 Å². The number of rotatable bonds is 5. The van der Waals surface area contributed by atoms with Crippen molar-refractivity contribution in [3.63, 3.8) is 0 Å². The highest BCUT2D eigenvalue weighted by Gasteiger charge is 2.35. The van der Waals surface area contributed by atoms with Gasteiger partial charge >= 0.3 is 0 Å². The van der Waals surface area contributed by atoms with Gasteiger partial charge in [-0.3, -0.25) is 5.10 Å². The second-order valence-corrected chi connectivity index (χ2v) is 6.48. The number of H-pyrrole nitrogens is 1. The molecule has 0 bridgehead atoms. The predicted octanol–water partition coefficient (Wildman–Crippen LogP) is 3.70. The molecule has 4 rings (SSSR count). The van der Waals surface area contributed by atoms with Crippen LogP contribution in [0.2, 0.25) is 0 Å². The van der Waals surface area contributed by atoms with Gasteiger partial charge in [-0.05, 0) is 36.8 Å². The monoisotopic (exact) mass is 388 g/mol. The third-order valence-electron chi connectivity index (χ3n) is 4.80. The van der Waals surface area contributed by atoms with Crippen LogP contribution >= 0.6 is 0 Å². The molecule has 146 valence electrons. The lowest BCUT2D eigenvalue weighted by atomic mass is 9.83. The Hall–Kier alpha value is -3.92. The van der Waals surface area contributed by atoms with E-state index in [-0.39, 0.29) is 5.88 Å². The lowest BCUT2D eigenvalue weighted by Crippen LogP contribution is -2.21. The van der Waals surface area contributed by atoms with Crippen molar-refractivity contribution in [2.24, 2.45) is 5.73 Å². The van der Waals surface area contributed by atoms with Gasteiger partial charge in [-0.1, -0.05) is 24.3 Å². The highest BCUT2D eigenvalue weighted by Crippen LogP contribution is 2.46. The zero-order chi connectivity index (χ0) is 20.4. The Balaban J connectivity index is 1.90. The molecule has 3 aromatic rings. The van der Waals surface area contributed by atoms with Crippen LogP contribution in [-0.4, -0.2) is 23.9 Å². The number of aromatic amines is 1. The van der Waals surface area contributed by atoms with E-state index in [4.69, 9.17) is 19.9 Å². The van der Waals surface area contributed by atoms with E-state index in [0.717, 1.165) is 28.1 Å². The Kier molecular flexibility index (Phi) is 4.83. The predicted molar refractivity (Wildman–Crippen MR) is 107 cm³/mol. The van der Waals surface area contributed by atoms with Gasteiger partial charge in [-0.25, -0.2) is 0 Å². The fourth-order valence-corrected chi connectivity index (χ4v) is 3.53. The van der Waals surface area contributed by atoms with Gasteiger partial charge < -0.3 is 19.9 Å². The normalized spacial score (nSPS) is 15.3. The lowest BCUT2D eigenvalue weighted by molar-refractivity contribution is 0.340. The first-order valence-corrected chi connectivity index (χ1v) is 9.19. The summed E-state index contributed by atoms with van der Waals surface area (Å²) >= 11 is 0. The van der Waals surface area contributed by atoms with E-state index < -0.39 is 5.92 Å². The fourth-order valence-electron chi connectivity index (χ4n) is 3.53. The zero-order valence-electron chi connectivity index (χ0n) is 16.1. The van der Waals surface area contributed by atoms with Crippen molar-refractivity contribution < 1.29 is 14.2 Å². The second kappa shape index (κ2) is 7.60. The van der Waals surface area contributed by atoms with Crippen LogP contribution in [0, 0.1) is 11.3 Å². The van der Waals surface area contributed by atoms with E-state index in [1.165, 1.54) is 0 Å². The molecule has 2 aromatic carbocycles. The molecule has 0 saturated heterocycles. The molecule has 0 amide bonds. The largest absolute Gasteiger partial charge is 0.497 e. The van der Waals surface area contributed by atoms with Crippen LogP contribution in [0.25, 0.3) is 11.3 Å². The van der Waals surface area contributed by atoms with Gasteiger partial charge in [0.1, 0.15) is 23.1 Å². The van der Waals surface area contributed by atoms with E-state index >= 15 is 0 Å². The number of ether oxygens (including phenoxy) is 3. The molecule has 0 fully saturated rings. The van der Waals surface area contributed by atoms with E-state index in [9.17, 15) is 5.26 Å². The number of nitrogens with two attached hydrogens (primary N) is 1. The third kappa shape index (κ3) is 3.25. The third-order valence-corrected chi connectivity index (χ3v) is 4.80. The summed E-state index contributed by atoms with van der Waals surface area (Å²) < 4.78 is 16.6. The summed E-state index contributed by atoms with van der Waals surface area (Å²) in [6.07, 6.45) is 0. The summed E-state index contributed by atoms with van der Waals surface area (Å²) in [5.41, 5.74) is 9.60. The first kappa shape index (κ1) is 18.4. The highest BCUT2D eigenvalue weighted by atomic mass is 16.5. The number of benzene rings is 2. The van der Waals surface area contributed by atoms with Crippen LogP contribution in [0.4, 0.5) is 0 Å². The number of aromatic nitrogens is 2. The molecule has 0 saturated carbocycles. The minimum Gasteiger partial charge on any atom is -0.497 e. The van der Waals surface area contributed by atoms with Crippen molar-refractivity contribution in [1.82, 2.24) is 10.2 Å². The number of fused-ring (bicyclic) bond motifs is 1. The fraction of sp³-hybridized carbons (Fsp3) is 0.182. The molecule has 29 heavy (non-hydrogen) atoms. The summed E-state index contributed by atoms with van der Waals surface area (Å²) in [5, 5.41) is 17.2. The first-order valence-electron chi connectivity index (χ1n) is 9.19. The van der Waals surface area contributed by atoms with Gasteiger partial charge in [0.05, 0.1) is 30.9 Å². The van der Waals surface area contributed by atoms with Gasteiger partial charge in [0, 0.05) is 5.56 Å². The molecular weight excluding hydrogens is 368 g/mol. The summed E-state index contributed by atoms with van der Waals surface area (Å²) in [4.78, 5) is 0. The number of hydrogen-bond acceptors (Lipinski definition) is 6. The Bertz CT molecular complexity index is 1130. The maximum absolute atomic E-state index is 9.81. The SMILES string of the molecule is CCOc1cccc(-c2[nH]nc3c2C(c2cccc(OC)c2)C(C#N)=C(N)O3)c1. The quantitative estimate of drug-likeness (QED) is 0.690. The van der Waals surface area contributed by atoms with Gasteiger partial charge in [-0.15, -0.1) is 5.10 Å². The number of allylic oxidation sites excluding steroid dienone is 1. The molecule has 2 heterocycles. The number of methoxy groups -OCH3 is 1. The van der Waals surface area contributed by atoms with Crippen LogP contribution in [0.15, 0.2) is 60.0 Å². The van der Waals surface area contributed by atoms with Gasteiger partial charge in [-0.2, -0.15) is 5.26 Å². The standard InChI is InChI=1S/C22H20N4O3/c1-3-28-16-9-5-7-14(11-16)20-19-18(13-6-4-8-15(10-13)27-2)17(12-23)21(24)29-22(19)26-25-20/h4-11,18H,3,24H2,1-2H3,(H,25,26). The number of nitrogens with one attached hydrogen (secondary N) is 1. The molecule has 0 aliphatic carbocycles. The minimum absolute atomic E-state index is 0.0499. The van der Waals surface area contributed by atoms with Crippen molar-refractivity contribution >= 4 is 0 Å². The van der Waals surface area contributed by atoms with Gasteiger partial charge in [0.15, 0.2) is 0 Å². The van der Waals surface area contributed by atoms with Gasteiger partial charge in [0.2, 0.25) is 11.8 Å². The van der Waals surface area contributed by atoms with Crippen molar-refractivity contribution in [1.29, 1.82) is 5.26 Å². The van der Waals surface area contributed by atoms with E-state index in [1.807, 2.05) is 55.5 Å². The van der Waals surface area contributed by atoms with Crippen LogP contribution < -0.4 is 19.9 Å². The maximum Gasteiger partial charge on any atom is 0.244 e. The summed E-state index contributed by atoms with van der Waals surface area (Å²) in [6.45, 7) is 2.50. The average Bonchev–Trinajstić information content (AvgIpc) is 3.16. The Morgan fingerprint density at radius 2 is 2.00 bits per heavy atom. The van der Waals surface area contributed by atoms with Crippen molar-refractivity contribution in [3.8, 4) is 34.7 Å². The second-order valence-electron chi connectivity index (χ2n) is 6.48. The molecular formula is C22H20N4O3. The average molecular weight is 388 g/mol. The van der Waals surface area contributed by atoms with Crippen LogP contribution in [0.3, 0.4) is 0 Å². The molecule has 1 unspecified atom stereocenters. The van der Waals surface area contributed by atoms with Crippen molar-refractivity contribution in [2.45, 2.75) is 12.8 Å². The van der Waals surface area contributed by atoms with Gasteiger partial charge in [0.25, 0.3) is 0 Å². The molecule has 1 atom stereocenters. The van der Waals surface area contributed by atoms with Crippen molar-refractivity contribution in [2.75, 3.05) is 13.7 Å². The first-order chi connectivity index (χ1) is 14.2. The van der Waals surface area contributed by atoms with Crippen LogP contribution in [0.5, 0.6) is 17.4 Å². The Morgan fingerprint density at radius 1 is 1.21 bits per heavy atom. The van der Waals surface area contributed by atoms with Crippen LogP contribution in [0.1, 0.15) is 24.0 Å². The molecule has 3 N–H and O–H groups in total. The van der Waals surface area contributed by atoms with E-state index in [0.29, 0.717) is 23.8 Å². The summed E-state index contributed by atoms with van der Waals surface area (Å²) in [6, 6.07) is 17.4. The molecule has 1 aliphatic rings.